The summed E-state index contributed by atoms with van der Waals surface area (Å²) in [6.45, 7) is 2.01. The topological polar surface area (TPSA) is 61.3 Å². The molecule has 0 aliphatic carbocycles. The average Bonchev–Trinajstić information content (AvgIpc) is 2.49. The van der Waals surface area contributed by atoms with Gasteiger partial charge >= 0.3 is 5.97 Å². The van der Waals surface area contributed by atoms with Crippen molar-refractivity contribution in [3.8, 4) is 11.6 Å². The van der Waals surface area contributed by atoms with E-state index in [1.165, 1.54) is 19.5 Å². The third-order valence-corrected chi connectivity index (χ3v) is 3.01. The molecule has 0 fully saturated rings. The fourth-order valence-corrected chi connectivity index (χ4v) is 1.84. The molecule has 1 heterocycles. The molecule has 1 aromatic heterocycles. The van der Waals surface area contributed by atoms with E-state index in [0.717, 1.165) is 12.0 Å². The van der Waals surface area contributed by atoms with Gasteiger partial charge in [-0.15, -0.1) is 0 Å². The summed E-state index contributed by atoms with van der Waals surface area (Å²) >= 11 is 6.04. The van der Waals surface area contributed by atoms with Gasteiger partial charge in [0.25, 0.3) is 0 Å². The predicted molar refractivity (Wildman–Crippen MR) is 74.3 cm³/mol. The maximum Gasteiger partial charge on any atom is 0.358 e. The lowest BCUT2D eigenvalue weighted by atomic mass is 10.1. The fraction of sp³-hybridized carbons (Fsp3) is 0.214. The molecule has 0 saturated heterocycles. The van der Waals surface area contributed by atoms with Crippen LogP contribution in [0.2, 0.25) is 5.02 Å². The molecule has 5 nitrogen and oxygen atoms in total. The van der Waals surface area contributed by atoms with Gasteiger partial charge in [-0.2, -0.15) is 0 Å². The zero-order valence-corrected chi connectivity index (χ0v) is 11.8. The lowest BCUT2D eigenvalue weighted by Gasteiger charge is -2.07. The number of benzene rings is 1. The molecule has 1 aromatic carbocycles. The van der Waals surface area contributed by atoms with Crippen molar-refractivity contribution in [3.05, 3.63) is 46.9 Å². The number of nitrogens with zero attached hydrogens (tertiary/aromatic N) is 2. The Morgan fingerprint density at radius 2 is 2.10 bits per heavy atom. The number of hydrogen-bond donors (Lipinski definition) is 0. The molecule has 20 heavy (non-hydrogen) atoms. The minimum Gasteiger partial charge on any atom is -0.464 e. The highest BCUT2D eigenvalue weighted by molar-refractivity contribution is 6.31. The molecular formula is C14H13ClN2O3. The van der Waals surface area contributed by atoms with Crippen LogP contribution in [0.4, 0.5) is 0 Å². The van der Waals surface area contributed by atoms with Gasteiger partial charge < -0.3 is 9.47 Å². The Balaban J connectivity index is 2.16. The van der Waals surface area contributed by atoms with Crippen molar-refractivity contribution in [2.75, 3.05) is 7.11 Å². The zero-order chi connectivity index (χ0) is 14.5. The van der Waals surface area contributed by atoms with Crippen molar-refractivity contribution < 1.29 is 14.3 Å². The maximum absolute atomic E-state index is 11.2. The molecule has 2 aromatic rings. The number of hydrogen-bond acceptors (Lipinski definition) is 5. The number of esters is 1. The van der Waals surface area contributed by atoms with E-state index in [9.17, 15) is 4.79 Å². The number of ether oxygens (including phenoxy) is 2. The smallest absolute Gasteiger partial charge is 0.358 e. The minimum atomic E-state index is -0.538. The van der Waals surface area contributed by atoms with Crippen molar-refractivity contribution in [2.45, 2.75) is 13.3 Å². The van der Waals surface area contributed by atoms with Crippen molar-refractivity contribution in [2.24, 2.45) is 0 Å². The van der Waals surface area contributed by atoms with Crippen LogP contribution < -0.4 is 4.74 Å². The molecule has 0 bridgehead atoms. The SMILES string of the molecule is CCc1cc(Oc2cnc(C(=O)OC)cn2)ccc1Cl. The van der Waals surface area contributed by atoms with E-state index in [4.69, 9.17) is 16.3 Å². The summed E-state index contributed by atoms with van der Waals surface area (Å²) in [5.74, 6) is 0.372. The number of carbonyl (C=O) groups is 1. The Labute approximate surface area is 121 Å². The first-order chi connectivity index (χ1) is 9.63. The van der Waals surface area contributed by atoms with Gasteiger partial charge in [0.05, 0.1) is 19.5 Å². The highest BCUT2D eigenvalue weighted by atomic mass is 35.5. The van der Waals surface area contributed by atoms with Crippen molar-refractivity contribution in [3.63, 3.8) is 0 Å². The molecule has 0 radical (unpaired) electrons. The molecule has 0 aliphatic heterocycles. The van der Waals surface area contributed by atoms with E-state index in [0.29, 0.717) is 16.7 Å². The van der Waals surface area contributed by atoms with Crippen molar-refractivity contribution in [1.82, 2.24) is 9.97 Å². The summed E-state index contributed by atoms with van der Waals surface area (Å²) in [4.78, 5) is 19.1. The van der Waals surface area contributed by atoms with E-state index < -0.39 is 5.97 Å². The van der Waals surface area contributed by atoms with Gasteiger partial charge in [0.1, 0.15) is 5.75 Å². The van der Waals surface area contributed by atoms with Crippen LogP contribution in [-0.4, -0.2) is 23.0 Å². The van der Waals surface area contributed by atoms with Crippen LogP contribution in [0.1, 0.15) is 23.0 Å². The first kappa shape index (κ1) is 14.3. The first-order valence-electron chi connectivity index (χ1n) is 6.00. The molecule has 0 aliphatic rings. The molecule has 0 atom stereocenters. The summed E-state index contributed by atoms with van der Waals surface area (Å²) < 4.78 is 10.1. The highest BCUT2D eigenvalue weighted by Gasteiger charge is 2.08. The van der Waals surface area contributed by atoms with Gasteiger partial charge in [-0.3, -0.25) is 0 Å². The Kier molecular flexibility index (Phi) is 4.53. The van der Waals surface area contributed by atoms with E-state index >= 15 is 0 Å². The van der Waals surface area contributed by atoms with E-state index in [1.807, 2.05) is 13.0 Å². The number of aryl methyl sites for hydroxylation is 1. The largest absolute Gasteiger partial charge is 0.464 e. The highest BCUT2D eigenvalue weighted by Crippen LogP contribution is 2.25. The number of methoxy groups -OCH3 is 1. The van der Waals surface area contributed by atoms with Crippen LogP contribution in [-0.2, 0) is 11.2 Å². The van der Waals surface area contributed by atoms with Crippen molar-refractivity contribution >= 4 is 17.6 Å². The Morgan fingerprint density at radius 3 is 2.70 bits per heavy atom. The van der Waals surface area contributed by atoms with Gasteiger partial charge in [-0.1, -0.05) is 18.5 Å². The van der Waals surface area contributed by atoms with Gasteiger partial charge in [-0.05, 0) is 30.2 Å². The molecule has 0 saturated carbocycles. The van der Waals surface area contributed by atoms with Gasteiger partial charge in [0.2, 0.25) is 5.88 Å². The van der Waals surface area contributed by atoms with Crippen LogP contribution in [0.25, 0.3) is 0 Å². The lowest BCUT2D eigenvalue weighted by molar-refractivity contribution is 0.0593. The van der Waals surface area contributed by atoms with Gasteiger partial charge in [0.15, 0.2) is 5.69 Å². The second-order valence-electron chi connectivity index (χ2n) is 3.94. The molecule has 104 valence electrons. The van der Waals surface area contributed by atoms with Gasteiger partial charge in [0, 0.05) is 5.02 Å². The maximum atomic E-state index is 11.2. The van der Waals surface area contributed by atoms with Gasteiger partial charge in [-0.25, -0.2) is 14.8 Å². The molecule has 0 spiro atoms. The minimum absolute atomic E-state index is 0.130. The quantitative estimate of drug-likeness (QED) is 0.809. The van der Waals surface area contributed by atoms with E-state index in [2.05, 4.69) is 14.7 Å². The zero-order valence-electron chi connectivity index (χ0n) is 11.1. The molecule has 0 unspecified atom stereocenters. The van der Waals surface area contributed by atoms with Crippen LogP contribution in [0.5, 0.6) is 11.6 Å². The molecule has 0 amide bonds. The first-order valence-corrected chi connectivity index (χ1v) is 6.38. The second-order valence-corrected chi connectivity index (χ2v) is 4.35. The molecule has 6 heteroatoms. The summed E-state index contributed by atoms with van der Waals surface area (Å²) in [6.07, 6.45) is 3.48. The van der Waals surface area contributed by atoms with Crippen LogP contribution in [0.3, 0.4) is 0 Å². The third kappa shape index (κ3) is 3.24. The molecule has 0 N–H and O–H groups in total. The predicted octanol–water partition coefficient (Wildman–Crippen LogP) is 3.27. The van der Waals surface area contributed by atoms with E-state index in [1.54, 1.807) is 12.1 Å². The summed E-state index contributed by atoms with van der Waals surface area (Å²) in [5.41, 5.74) is 1.12. The Bertz CT molecular complexity index is 614. The van der Waals surface area contributed by atoms with Crippen LogP contribution in [0.15, 0.2) is 30.6 Å². The second kappa shape index (κ2) is 6.34. The number of carbonyl (C=O) groups excluding carboxylic acids is 1. The average molecular weight is 293 g/mol. The lowest BCUT2D eigenvalue weighted by Crippen LogP contribution is -2.04. The van der Waals surface area contributed by atoms with Crippen molar-refractivity contribution in [1.29, 1.82) is 0 Å². The summed E-state index contributed by atoms with van der Waals surface area (Å²) in [6, 6.07) is 5.36. The van der Waals surface area contributed by atoms with Crippen LogP contribution in [0, 0.1) is 0 Å². The normalized spacial score (nSPS) is 10.2. The number of rotatable bonds is 4. The monoisotopic (exact) mass is 292 g/mol. The van der Waals surface area contributed by atoms with E-state index in [-0.39, 0.29) is 5.69 Å². The molecular weight excluding hydrogens is 280 g/mol. The molecule has 2 rings (SSSR count). The Hall–Kier alpha value is -2.14. The summed E-state index contributed by atoms with van der Waals surface area (Å²) in [7, 11) is 1.29. The summed E-state index contributed by atoms with van der Waals surface area (Å²) in [5, 5.41) is 0.701. The standard InChI is InChI=1S/C14H13ClN2O3/c1-3-9-6-10(4-5-11(9)15)20-13-8-16-12(7-17-13)14(18)19-2/h4-8H,3H2,1-2H3. The fourth-order valence-electron chi connectivity index (χ4n) is 1.59. The Morgan fingerprint density at radius 1 is 1.30 bits per heavy atom. The van der Waals surface area contributed by atoms with Crippen LogP contribution >= 0.6 is 11.6 Å². The number of aromatic nitrogens is 2. The third-order valence-electron chi connectivity index (χ3n) is 2.64. The number of halogens is 1.